The van der Waals surface area contributed by atoms with E-state index in [1.165, 1.54) is 11.3 Å². The number of imidazole rings is 1. The minimum atomic E-state index is 0.451. The fourth-order valence-electron chi connectivity index (χ4n) is 1.69. The topological polar surface area (TPSA) is 68.2 Å². The lowest BCUT2D eigenvalue weighted by Gasteiger charge is -2.06. The quantitative estimate of drug-likeness (QED) is 0.773. The van der Waals surface area contributed by atoms with Crippen LogP contribution < -0.4 is 11.1 Å². The number of hydrogen-bond donors (Lipinski definition) is 2. The Bertz CT molecular complexity index is 690. The third kappa shape index (κ3) is 2.12. The Balaban J connectivity index is 1.87. The van der Waals surface area contributed by atoms with Gasteiger partial charge in [0, 0.05) is 17.3 Å². The number of nitrogen functional groups attached to an aromatic ring is 1. The van der Waals surface area contributed by atoms with Crippen molar-refractivity contribution in [2.45, 2.75) is 6.54 Å². The van der Waals surface area contributed by atoms with Gasteiger partial charge in [-0.25, -0.2) is 9.97 Å². The smallest absolute Gasteiger partial charge is 0.180 e. The van der Waals surface area contributed by atoms with Gasteiger partial charge in [0.15, 0.2) is 11.5 Å². The molecular weight excluding hydrogens is 270 g/mol. The van der Waals surface area contributed by atoms with Gasteiger partial charge in [0.25, 0.3) is 0 Å². The monoisotopic (exact) mass is 279 g/mol. The number of anilines is 2. The molecule has 0 bridgehead atoms. The van der Waals surface area contributed by atoms with Crippen LogP contribution in [0.4, 0.5) is 11.6 Å². The van der Waals surface area contributed by atoms with E-state index in [2.05, 4.69) is 15.3 Å². The molecule has 3 heterocycles. The second-order valence-electron chi connectivity index (χ2n) is 3.73. The van der Waals surface area contributed by atoms with E-state index in [0.717, 1.165) is 14.9 Å². The molecule has 0 aliphatic heterocycles. The van der Waals surface area contributed by atoms with Crippen LogP contribution in [-0.2, 0) is 6.54 Å². The van der Waals surface area contributed by atoms with Gasteiger partial charge in [0.2, 0.25) is 0 Å². The highest BCUT2D eigenvalue weighted by Gasteiger charge is 2.06. The molecule has 3 aromatic rings. The maximum absolute atomic E-state index is 5.88. The van der Waals surface area contributed by atoms with Gasteiger partial charge in [0.1, 0.15) is 5.82 Å². The predicted octanol–water partition coefficient (Wildman–Crippen LogP) is 2.64. The first-order chi connectivity index (χ1) is 8.72. The van der Waals surface area contributed by atoms with E-state index in [-0.39, 0.29) is 0 Å². The zero-order valence-corrected chi connectivity index (χ0v) is 10.9. The summed E-state index contributed by atoms with van der Waals surface area (Å²) in [5, 5.41) is 3.22. The van der Waals surface area contributed by atoms with Crippen LogP contribution in [0.2, 0.25) is 4.34 Å². The molecular formula is C11H10ClN5S. The summed E-state index contributed by atoms with van der Waals surface area (Å²) >= 11 is 7.42. The lowest BCUT2D eigenvalue weighted by Crippen LogP contribution is -2.05. The Kier molecular flexibility index (Phi) is 2.81. The van der Waals surface area contributed by atoms with Gasteiger partial charge in [-0.2, -0.15) is 0 Å². The standard InChI is InChI=1S/C11H10ClN5S/c12-8-2-1-7(18-8)5-15-10-11-14-3-4-17(11)6-9(13)16-10/h1-4,6H,5,13H2,(H,15,16). The van der Waals surface area contributed by atoms with Crippen LogP contribution in [0.1, 0.15) is 4.88 Å². The molecule has 0 amide bonds. The first-order valence-electron chi connectivity index (χ1n) is 5.29. The van der Waals surface area contributed by atoms with Crippen molar-refractivity contribution in [1.29, 1.82) is 0 Å². The first kappa shape index (κ1) is 11.3. The van der Waals surface area contributed by atoms with Gasteiger partial charge in [-0.1, -0.05) is 11.6 Å². The molecule has 0 fully saturated rings. The van der Waals surface area contributed by atoms with E-state index in [4.69, 9.17) is 17.3 Å². The number of hydrogen-bond acceptors (Lipinski definition) is 5. The van der Waals surface area contributed by atoms with Gasteiger partial charge >= 0.3 is 0 Å². The van der Waals surface area contributed by atoms with Crippen molar-refractivity contribution >= 4 is 40.2 Å². The van der Waals surface area contributed by atoms with E-state index in [0.29, 0.717) is 18.2 Å². The maximum Gasteiger partial charge on any atom is 0.180 e. The summed E-state index contributed by atoms with van der Waals surface area (Å²) in [6.07, 6.45) is 5.28. The highest BCUT2D eigenvalue weighted by molar-refractivity contribution is 7.16. The van der Waals surface area contributed by atoms with E-state index in [1.54, 1.807) is 12.4 Å². The van der Waals surface area contributed by atoms with Crippen molar-refractivity contribution in [1.82, 2.24) is 14.4 Å². The Morgan fingerprint density at radius 2 is 2.33 bits per heavy atom. The Morgan fingerprint density at radius 3 is 3.11 bits per heavy atom. The third-order valence-electron chi connectivity index (χ3n) is 2.45. The van der Waals surface area contributed by atoms with Crippen LogP contribution in [0, 0.1) is 0 Å². The minimum absolute atomic E-state index is 0.451. The van der Waals surface area contributed by atoms with Gasteiger partial charge in [-0.05, 0) is 12.1 Å². The molecule has 0 aliphatic carbocycles. The predicted molar refractivity (Wildman–Crippen MR) is 74.1 cm³/mol. The second-order valence-corrected chi connectivity index (χ2v) is 5.53. The fourth-order valence-corrected chi connectivity index (χ4v) is 2.71. The third-order valence-corrected chi connectivity index (χ3v) is 3.68. The van der Waals surface area contributed by atoms with Crippen LogP contribution >= 0.6 is 22.9 Å². The molecule has 5 nitrogen and oxygen atoms in total. The van der Waals surface area contributed by atoms with Crippen molar-refractivity contribution in [2.24, 2.45) is 0 Å². The number of aromatic nitrogens is 3. The summed E-state index contributed by atoms with van der Waals surface area (Å²) in [7, 11) is 0. The van der Waals surface area contributed by atoms with Crippen molar-refractivity contribution < 1.29 is 0 Å². The molecule has 0 aliphatic rings. The number of nitrogens with one attached hydrogen (secondary N) is 1. The van der Waals surface area contributed by atoms with Crippen molar-refractivity contribution in [3.8, 4) is 0 Å². The average molecular weight is 280 g/mol. The fraction of sp³-hybridized carbons (Fsp3) is 0.0909. The number of rotatable bonds is 3. The van der Waals surface area contributed by atoms with Gasteiger partial charge in [-0.3, -0.25) is 0 Å². The summed E-state index contributed by atoms with van der Waals surface area (Å²) in [6, 6.07) is 3.86. The maximum atomic E-state index is 5.88. The number of nitrogens with zero attached hydrogens (tertiary/aromatic N) is 3. The lowest BCUT2D eigenvalue weighted by atomic mass is 10.4. The molecule has 92 valence electrons. The van der Waals surface area contributed by atoms with E-state index in [9.17, 15) is 0 Å². The summed E-state index contributed by atoms with van der Waals surface area (Å²) < 4.78 is 2.62. The number of halogens is 1. The Labute approximate surface area is 112 Å². The molecule has 0 spiro atoms. The highest BCUT2D eigenvalue weighted by Crippen LogP contribution is 2.23. The van der Waals surface area contributed by atoms with E-state index in [1.807, 2.05) is 22.7 Å². The molecule has 0 saturated carbocycles. The normalized spacial score (nSPS) is 10.9. The lowest BCUT2D eigenvalue weighted by molar-refractivity contribution is 1.09. The summed E-state index contributed by atoms with van der Waals surface area (Å²) in [5.74, 6) is 1.12. The number of thiophene rings is 1. The van der Waals surface area contributed by atoms with Crippen molar-refractivity contribution in [2.75, 3.05) is 11.1 Å². The van der Waals surface area contributed by atoms with Crippen LogP contribution in [-0.4, -0.2) is 14.4 Å². The van der Waals surface area contributed by atoms with E-state index < -0.39 is 0 Å². The molecule has 3 N–H and O–H groups in total. The zero-order chi connectivity index (χ0) is 12.5. The molecule has 3 aromatic heterocycles. The van der Waals surface area contributed by atoms with Crippen LogP contribution in [0.3, 0.4) is 0 Å². The minimum Gasteiger partial charge on any atom is -0.382 e. The van der Waals surface area contributed by atoms with Crippen LogP contribution in [0.25, 0.3) is 5.65 Å². The van der Waals surface area contributed by atoms with Crippen molar-refractivity contribution in [3.63, 3.8) is 0 Å². The Morgan fingerprint density at radius 1 is 1.44 bits per heavy atom. The van der Waals surface area contributed by atoms with Crippen molar-refractivity contribution in [3.05, 3.63) is 39.9 Å². The molecule has 0 unspecified atom stereocenters. The molecule has 18 heavy (non-hydrogen) atoms. The molecule has 3 rings (SSSR count). The summed E-state index contributed by atoms with van der Waals surface area (Å²) in [4.78, 5) is 9.62. The van der Waals surface area contributed by atoms with Gasteiger partial charge < -0.3 is 15.5 Å². The largest absolute Gasteiger partial charge is 0.382 e. The zero-order valence-electron chi connectivity index (χ0n) is 9.30. The van der Waals surface area contributed by atoms with Crippen LogP contribution in [0.15, 0.2) is 30.7 Å². The van der Waals surface area contributed by atoms with E-state index >= 15 is 0 Å². The number of nitrogens with two attached hydrogens (primary N) is 1. The molecule has 0 atom stereocenters. The second kappa shape index (κ2) is 4.47. The summed E-state index contributed by atoms with van der Waals surface area (Å²) in [6.45, 7) is 0.649. The summed E-state index contributed by atoms with van der Waals surface area (Å²) in [5.41, 5.74) is 6.50. The van der Waals surface area contributed by atoms with Gasteiger partial charge in [-0.15, -0.1) is 11.3 Å². The van der Waals surface area contributed by atoms with Gasteiger partial charge in [0.05, 0.1) is 17.1 Å². The molecule has 0 aromatic carbocycles. The molecule has 0 radical (unpaired) electrons. The van der Waals surface area contributed by atoms with Crippen LogP contribution in [0.5, 0.6) is 0 Å². The Hall–Kier alpha value is -1.79. The highest BCUT2D eigenvalue weighted by atomic mass is 35.5. The average Bonchev–Trinajstić information content (AvgIpc) is 2.94. The SMILES string of the molecule is Nc1cn2ccnc2c(NCc2ccc(Cl)s2)n1. The first-order valence-corrected chi connectivity index (χ1v) is 6.49. The number of fused-ring (bicyclic) bond motifs is 1. The molecule has 0 saturated heterocycles. The molecule has 7 heteroatoms.